The van der Waals surface area contributed by atoms with Gasteiger partial charge in [0.2, 0.25) is 0 Å². The van der Waals surface area contributed by atoms with Gasteiger partial charge in [-0.2, -0.15) is 0 Å². The highest BCUT2D eigenvalue weighted by Gasteiger charge is 2.18. The molecule has 0 aliphatic heterocycles. The van der Waals surface area contributed by atoms with Crippen molar-refractivity contribution in [1.29, 1.82) is 0 Å². The second-order valence-electron chi connectivity index (χ2n) is 4.05. The van der Waals surface area contributed by atoms with Gasteiger partial charge in [-0.05, 0) is 37.1 Å². The van der Waals surface area contributed by atoms with Crippen molar-refractivity contribution in [2.24, 2.45) is 11.7 Å². The number of ketones is 1. The predicted molar refractivity (Wildman–Crippen MR) is 62.9 cm³/mol. The van der Waals surface area contributed by atoms with E-state index < -0.39 is 0 Å². The van der Waals surface area contributed by atoms with E-state index in [2.05, 4.69) is 0 Å². The average molecular weight is 223 g/mol. The predicted octanol–water partition coefficient (Wildman–Crippen LogP) is 2.69. The van der Waals surface area contributed by atoms with Gasteiger partial charge in [-0.3, -0.25) is 4.79 Å². The summed E-state index contributed by atoms with van der Waals surface area (Å²) in [4.78, 5) is 12.0. The molecule has 0 saturated carbocycles. The molecule has 0 aromatic heterocycles. The maximum atomic E-state index is 13.1. The maximum Gasteiger partial charge on any atom is 0.167 e. The molecule has 1 aromatic carbocycles. The molecule has 1 rings (SSSR count). The highest BCUT2D eigenvalue weighted by Crippen LogP contribution is 2.16. The van der Waals surface area contributed by atoms with E-state index in [0.717, 1.165) is 12.8 Å². The first kappa shape index (κ1) is 12.8. The molecule has 16 heavy (non-hydrogen) atoms. The van der Waals surface area contributed by atoms with Gasteiger partial charge in [0.05, 0.1) is 0 Å². The molecule has 88 valence electrons. The maximum absolute atomic E-state index is 13.1. The van der Waals surface area contributed by atoms with Gasteiger partial charge in [0, 0.05) is 18.0 Å². The molecular weight excluding hydrogens is 205 g/mol. The summed E-state index contributed by atoms with van der Waals surface area (Å²) in [7, 11) is 0. The molecule has 0 fully saturated rings. The molecule has 0 amide bonds. The van der Waals surface area contributed by atoms with Crippen LogP contribution < -0.4 is 5.73 Å². The van der Waals surface area contributed by atoms with Crippen LogP contribution in [0.25, 0.3) is 0 Å². The zero-order chi connectivity index (χ0) is 12.1. The van der Waals surface area contributed by atoms with E-state index in [0.29, 0.717) is 17.7 Å². The molecular formula is C13H18FNO. The topological polar surface area (TPSA) is 43.1 Å². The van der Waals surface area contributed by atoms with Gasteiger partial charge in [-0.25, -0.2) is 4.39 Å². The fourth-order valence-corrected chi connectivity index (χ4v) is 1.74. The minimum Gasteiger partial charge on any atom is -0.330 e. The third kappa shape index (κ3) is 2.89. The lowest BCUT2D eigenvalue weighted by molar-refractivity contribution is 0.0917. The van der Waals surface area contributed by atoms with Gasteiger partial charge in [0.25, 0.3) is 0 Å². The summed E-state index contributed by atoms with van der Waals surface area (Å²) in [6.07, 6.45) is 1.71. The average Bonchev–Trinajstić information content (AvgIpc) is 2.28. The molecule has 0 heterocycles. The quantitative estimate of drug-likeness (QED) is 0.780. The molecule has 1 aromatic rings. The number of rotatable bonds is 5. The number of nitrogens with two attached hydrogens (primary N) is 1. The lowest BCUT2D eigenvalue weighted by Crippen LogP contribution is -2.23. The van der Waals surface area contributed by atoms with Crippen LogP contribution in [0.2, 0.25) is 0 Å². The number of carbonyl (C=O) groups is 1. The van der Waals surface area contributed by atoms with E-state index in [1.165, 1.54) is 12.1 Å². The van der Waals surface area contributed by atoms with E-state index in [1.54, 1.807) is 13.0 Å². The summed E-state index contributed by atoms with van der Waals surface area (Å²) in [5, 5.41) is 0. The van der Waals surface area contributed by atoms with E-state index in [-0.39, 0.29) is 17.5 Å². The first-order valence-electron chi connectivity index (χ1n) is 5.60. The standard InChI is InChI=1S/C13H18FNO/c1-3-4-11(8-15)13(16)10-5-6-12(14)9(2)7-10/h5-7,11H,3-4,8,15H2,1-2H3. The van der Waals surface area contributed by atoms with Gasteiger partial charge < -0.3 is 5.73 Å². The Morgan fingerprint density at radius 3 is 2.69 bits per heavy atom. The van der Waals surface area contributed by atoms with Gasteiger partial charge in [0.1, 0.15) is 5.82 Å². The molecule has 0 bridgehead atoms. The van der Waals surface area contributed by atoms with Gasteiger partial charge in [-0.15, -0.1) is 0 Å². The Morgan fingerprint density at radius 1 is 1.50 bits per heavy atom. The van der Waals surface area contributed by atoms with Crippen LogP contribution in [0.5, 0.6) is 0 Å². The highest BCUT2D eigenvalue weighted by atomic mass is 19.1. The normalized spacial score (nSPS) is 12.5. The van der Waals surface area contributed by atoms with Gasteiger partial charge in [0.15, 0.2) is 5.78 Å². The van der Waals surface area contributed by atoms with Crippen molar-refractivity contribution < 1.29 is 9.18 Å². The Labute approximate surface area is 95.7 Å². The summed E-state index contributed by atoms with van der Waals surface area (Å²) in [6.45, 7) is 4.03. The molecule has 1 unspecified atom stereocenters. The van der Waals surface area contributed by atoms with E-state index >= 15 is 0 Å². The fraction of sp³-hybridized carbons (Fsp3) is 0.462. The van der Waals surface area contributed by atoms with Crippen molar-refractivity contribution in [3.8, 4) is 0 Å². The van der Waals surface area contributed by atoms with Crippen LogP contribution in [0.15, 0.2) is 18.2 Å². The third-order valence-corrected chi connectivity index (χ3v) is 2.73. The van der Waals surface area contributed by atoms with Crippen LogP contribution in [0.4, 0.5) is 4.39 Å². The van der Waals surface area contributed by atoms with Crippen LogP contribution in [0.3, 0.4) is 0 Å². The number of halogens is 1. The van der Waals surface area contributed by atoms with Crippen LogP contribution in [-0.4, -0.2) is 12.3 Å². The molecule has 0 aliphatic rings. The Kier molecular flexibility index (Phi) is 4.62. The minimum atomic E-state index is -0.281. The number of hydrogen-bond donors (Lipinski definition) is 1. The monoisotopic (exact) mass is 223 g/mol. The summed E-state index contributed by atoms with van der Waals surface area (Å²) < 4.78 is 13.1. The van der Waals surface area contributed by atoms with E-state index in [1.807, 2.05) is 6.92 Å². The summed E-state index contributed by atoms with van der Waals surface area (Å²) in [5.41, 5.74) is 6.63. The smallest absolute Gasteiger partial charge is 0.167 e. The molecule has 0 saturated heterocycles. The number of Topliss-reactive ketones (excluding diaryl/α,β-unsaturated/α-hetero) is 1. The second kappa shape index (κ2) is 5.75. The molecule has 0 aliphatic carbocycles. The third-order valence-electron chi connectivity index (χ3n) is 2.73. The Balaban J connectivity index is 2.90. The van der Waals surface area contributed by atoms with Crippen molar-refractivity contribution >= 4 is 5.78 Å². The Hall–Kier alpha value is -1.22. The summed E-state index contributed by atoms with van der Waals surface area (Å²) >= 11 is 0. The number of hydrogen-bond acceptors (Lipinski definition) is 2. The molecule has 1 atom stereocenters. The van der Waals surface area contributed by atoms with Crippen molar-refractivity contribution in [2.75, 3.05) is 6.54 Å². The van der Waals surface area contributed by atoms with Crippen molar-refractivity contribution in [3.05, 3.63) is 35.1 Å². The first-order valence-corrected chi connectivity index (χ1v) is 5.60. The van der Waals surface area contributed by atoms with Crippen molar-refractivity contribution in [1.82, 2.24) is 0 Å². The summed E-state index contributed by atoms with van der Waals surface area (Å²) in [5.74, 6) is -0.404. The van der Waals surface area contributed by atoms with Gasteiger partial charge in [-0.1, -0.05) is 13.3 Å². The Morgan fingerprint density at radius 2 is 2.19 bits per heavy atom. The fourth-order valence-electron chi connectivity index (χ4n) is 1.74. The van der Waals surface area contributed by atoms with E-state index in [4.69, 9.17) is 5.73 Å². The molecule has 2 N–H and O–H groups in total. The highest BCUT2D eigenvalue weighted by molar-refractivity contribution is 5.98. The van der Waals surface area contributed by atoms with Crippen LogP contribution in [0.1, 0.15) is 35.7 Å². The lowest BCUT2D eigenvalue weighted by Gasteiger charge is -2.12. The zero-order valence-electron chi connectivity index (χ0n) is 9.79. The van der Waals surface area contributed by atoms with Crippen LogP contribution >= 0.6 is 0 Å². The number of carbonyl (C=O) groups excluding carboxylic acids is 1. The number of aryl methyl sites for hydroxylation is 1. The summed E-state index contributed by atoms with van der Waals surface area (Å²) in [6, 6.07) is 4.46. The van der Waals surface area contributed by atoms with Crippen LogP contribution in [-0.2, 0) is 0 Å². The SMILES string of the molecule is CCCC(CN)C(=O)c1ccc(F)c(C)c1. The van der Waals surface area contributed by atoms with E-state index in [9.17, 15) is 9.18 Å². The Bertz CT molecular complexity index is 376. The zero-order valence-corrected chi connectivity index (χ0v) is 9.79. The minimum absolute atomic E-state index is 0.0208. The number of benzene rings is 1. The van der Waals surface area contributed by atoms with Crippen LogP contribution in [0, 0.1) is 18.7 Å². The first-order chi connectivity index (χ1) is 7.60. The molecule has 3 heteroatoms. The van der Waals surface area contributed by atoms with Crippen molar-refractivity contribution in [2.45, 2.75) is 26.7 Å². The lowest BCUT2D eigenvalue weighted by atomic mass is 9.93. The van der Waals surface area contributed by atoms with Crippen molar-refractivity contribution in [3.63, 3.8) is 0 Å². The molecule has 0 radical (unpaired) electrons. The molecule has 0 spiro atoms. The van der Waals surface area contributed by atoms with Gasteiger partial charge >= 0.3 is 0 Å². The molecule has 2 nitrogen and oxygen atoms in total. The second-order valence-corrected chi connectivity index (χ2v) is 4.05. The largest absolute Gasteiger partial charge is 0.330 e.